The third-order valence-electron chi connectivity index (χ3n) is 4.35. The van der Waals surface area contributed by atoms with E-state index in [1.807, 2.05) is 24.3 Å². The summed E-state index contributed by atoms with van der Waals surface area (Å²) in [4.78, 5) is 19.8. The van der Waals surface area contributed by atoms with Crippen LogP contribution in [-0.2, 0) is 0 Å². The van der Waals surface area contributed by atoms with Gasteiger partial charge in [-0.3, -0.25) is 9.97 Å². The van der Waals surface area contributed by atoms with E-state index >= 15 is 0 Å². The van der Waals surface area contributed by atoms with E-state index in [9.17, 15) is 4.91 Å². The summed E-state index contributed by atoms with van der Waals surface area (Å²) in [5.41, 5.74) is 4.14. The Hall–Kier alpha value is -2.40. The molecular weight excluding hydrogens is 378 g/mol. The summed E-state index contributed by atoms with van der Waals surface area (Å²) < 4.78 is 1.03. The number of aryl methyl sites for hydroxylation is 1. The molecule has 0 aliphatic carbocycles. The minimum Gasteiger partial charge on any atom is -0.261 e. The molecule has 2 atom stereocenters. The van der Waals surface area contributed by atoms with E-state index in [-0.39, 0.29) is 5.92 Å². The van der Waals surface area contributed by atoms with Crippen LogP contribution in [0.5, 0.6) is 0 Å². The van der Waals surface area contributed by atoms with E-state index in [1.54, 1.807) is 18.6 Å². The number of halogens is 1. The van der Waals surface area contributed by atoms with Crippen LogP contribution in [0.1, 0.15) is 40.8 Å². The second-order valence-electron chi connectivity index (χ2n) is 5.95. The van der Waals surface area contributed by atoms with Crippen LogP contribution < -0.4 is 0 Å². The fourth-order valence-electron chi connectivity index (χ4n) is 3.04. The number of benzene rings is 2. The first-order chi connectivity index (χ1) is 12.2. The fourth-order valence-corrected chi connectivity index (χ4v) is 3.30. The molecule has 25 heavy (non-hydrogen) atoms. The molecule has 0 aliphatic heterocycles. The lowest BCUT2D eigenvalue weighted by Gasteiger charge is -2.22. The quantitative estimate of drug-likeness (QED) is 0.512. The van der Waals surface area contributed by atoms with Crippen molar-refractivity contribution in [1.82, 2.24) is 9.97 Å². The molecule has 0 radical (unpaired) electrons. The Morgan fingerprint density at radius 3 is 2.48 bits per heavy atom. The second-order valence-corrected chi connectivity index (χ2v) is 6.86. The normalized spacial score (nSPS) is 13.2. The molecule has 1 aromatic heterocycles. The van der Waals surface area contributed by atoms with Crippen LogP contribution in [0.25, 0.3) is 0 Å². The maximum atomic E-state index is 11.5. The van der Waals surface area contributed by atoms with E-state index in [2.05, 4.69) is 62.3 Å². The van der Waals surface area contributed by atoms with Gasteiger partial charge in [0, 0.05) is 22.8 Å². The van der Waals surface area contributed by atoms with Crippen molar-refractivity contribution in [2.45, 2.75) is 25.3 Å². The van der Waals surface area contributed by atoms with Crippen LogP contribution in [-0.4, -0.2) is 9.97 Å². The number of hydrogen-bond donors (Lipinski definition) is 0. The SMILES string of the molecule is Cc1ccccc1C(CC(N=O)c1cnccn1)c1ccc(Br)cc1. The number of aromatic nitrogens is 2. The molecule has 0 spiro atoms. The van der Waals surface area contributed by atoms with Crippen molar-refractivity contribution in [2.24, 2.45) is 5.18 Å². The second kappa shape index (κ2) is 8.12. The Bertz CT molecular complexity index is 837. The summed E-state index contributed by atoms with van der Waals surface area (Å²) in [6.45, 7) is 2.09. The van der Waals surface area contributed by atoms with E-state index in [1.165, 1.54) is 11.1 Å². The lowest BCUT2D eigenvalue weighted by atomic mass is 9.83. The molecule has 5 heteroatoms. The van der Waals surface area contributed by atoms with Gasteiger partial charge in [-0.15, -0.1) is 0 Å². The molecule has 0 amide bonds. The predicted octanol–water partition coefficient (Wildman–Crippen LogP) is 5.58. The van der Waals surface area contributed by atoms with E-state index in [4.69, 9.17) is 0 Å². The summed E-state index contributed by atoms with van der Waals surface area (Å²) in [7, 11) is 0. The molecule has 3 aromatic rings. The molecule has 0 aliphatic rings. The zero-order valence-electron chi connectivity index (χ0n) is 13.8. The Balaban J connectivity index is 2.00. The summed E-state index contributed by atoms with van der Waals surface area (Å²) in [5.74, 6) is 0.0546. The van der Waals surface area contributed by atoms with Crippen LogP contribution in [0.2, 0.25) is 0 Å². The van der Waals surface area contributed by atoms with Crippen molar-refractivity contribution in [2.75, 3.05) is 0 Å². The van der Waals surface area contributed by atoms with Gasteiger partial charge in [-0.2, -0.15) is 4.91 Å². The fraction of sp³-hybridized carbons (Fsp3) is 0.200. The van der Waals surface area contributed by atoms with Gasteiger partial charge >= 0.3 is 0 Å². The molecule has 0 bridgehead atoms. The molecule has 0 saturated heterocycles. The highest BCUT2D eigenvalue weighted by atomic mass is 79.9. The monoisotopic (exact) mass is 395 g/mol. The van der Waals surface area contributed by atoms with Crippen molar-refractivity contribution >= 4 is 15.9 Å². The molecule has 3 rings (SSSR count). The standard InChI is InChI=1S/C20H18BrN3O/c1-14-4-2-3-5-17(14)18(15-6-8-16(21)9-7-15)12-19(24-25)20-13-22-10-11-23-20/h2-11,13,18-19H,12H2,1H3. The number of nitroso groups, excluding NO2 is 1. The van der Waals surface area contributed by atoms with Gasteiger partial charge in [-0.25, -0.2) is 0 Å². The Labute approximate surface area is 155 Å². The van der Waals surface area contributed by atoms with Gasteiger partial charge < -0.3 is 0 Å². The predicted molar refractivity (Wildman–Crippen MR) is 102 cm³/mol. The zero-order valence-corrected chi connectivity index (χ0v) is 15.4. The average Bonchev–Trinajstić information content (AvgIpc) is 2.65. The number of nitrogens with zero attached hydrogens (tertiary/aromatic N) is 3. The zero-order chi connectivity index (χ0) is 17.6. The third kappa shape index (κ3) is 4.17. The molecule has 1 heterocycles. The third-order valence-corrected chi connectivity index (χ3v) is 4.88. The minimum absolute atomic E-state index is 0.0546. The largest absolute Gasteiger partial charge is 0.261 e. The van der Waals surface area contributed by atoms with Crippen molar-refractivity contribution in [3.63, 3.8) is 0 Å². The van der Waals surface area contributed by atoms with Gasteiger partial charge in [-0.1, -0.05) is 57.5 Å². The van der Waals surface area contributed by atoms with Crippen LogP contribution in [0.15, 0.2) is 76.8 Å². The lowest BCUT2D eigenvalue weighted by molar-refractivity contribution is 0.578. The molecule has 0 N–H and O–H groups in total. The smallest absolute Gasteiger partial charge is 0.136 e. The van der Waals surface area contributed by atoms with Crippen molar-refractivity contribution < 1.29 is 0 Å². The highest BCUT2D eigenvalue weighted by Crippen LogP contribution is 2.36. The van der Waals surface area contributed by atoms with Crippen molar-refractivity contribution in [3.05, 3.63) is 98.9 Å². The summed E-state index contributed by atoms with van der Waals surface area (Å²) >= 11 is 3.48. The number of rotatable bonds is 6. The van der Waals surface area contributed by atoms with Gasteiger partial charge in [0.1, 0.15) is 6.04 Å². The molecule has 0 saturated carbocycles. The van der Waals surface area contributed by atoms with Gasteiger partial charge in [0.2, 0.25) is 0 Å². The summed E-state index contributed by atoms with van der Waals surface area (Å²) in [5, 5.41) is 3.33. The van der Waals surface area contributed by atoms with E-state index in [0.717, 1.165) is 10.0 Å². The molecule has 126 valence electrons. The van der Waals surface area contributed by atoms with Crippen LogP contribution >= 0.6 is 15.9 Å². The Kier molecular flexibility index (Phi) is 5.66. The first kappa shape index (κ1) is 17.4. The van der Waals surface area contributed by atoms with Crippen LogP contribution in [0.3, 0.4) is 0 Å². The Morgan fingerprint density at radius 2 is 1.84 bits per heavy atom. The highest BCUT2D eigenvalue weighted by Gasteiger charge is 2.24. The molecule has 0 fully saturated rings. The molecule has 4 nitrogen and oxygen atoms in total. The van der Waals surface area contributed by atoms with Gasteiger partial charge in [0.05, 0.1) is 11.9 Å². The van der Waals surface area contributed by atoms with E-state index in [0.29, 0.717) is 12.1 Å². The van der Waals surface area contributed by atoms with Gasteiger partial charge in [-0.05, 0) is 42.2 Å². The first-order valence-electron chi connectivity index (χ1n) is 8.08. The average molecular weight is 396 g/mol. The van der Waals surface area contributed by atoms with Crippen LogP contribution in [0.4, 0.5) is 0 Å². The Morgan fingerprint density at radius 1 is 1.08 bits per heavy atom. The van der Waals surface area contributed by atoms with Gasteiger partial charge in [0.15, 0.2) is 0 Å². The lowest BCUT2D eigenvalue weighted by Crippen LogP contribution is -2.09. The number of hydrogen-bond acceptors (Lipinski definition) is 4. The maximum absolute atomic E-state index is 11.5. The van der Waals surface area contributed by atoms with Crippen molar-refractivity contribution in [3.8, 4) is 0 Å². The van der Waals surface area contributed by atoms with E-state index < -0.39 is 6.04 Å². The van der Waals surface area contributed by atoms with Crippen LogP contribution in [0, 0.1) is 11.8 Å². The molecule has 2 unspecified atom stereocenters. The van der Waals surface area contributed by atoms with Gasteiger partial charge in [0.25, 0.3) is 0 Å². The molecule has 2 aromatic carbocycles. The first-order valence-corrected chi connectivity index (χ1v) is 8.87. The topological polar surface area (TPSA) is 55.2 Å². The summed E-state index contributed by atoms with van der Waals surface area (Å²) in [6.07, 6.45) is 5.35. The van der Waals surface area contributed by atoms with Crippen molar-refractivity contribution in [1.29, 1.82) is 0 Å². The maximum Gasteiger partial charge on any atom is 0.136 e. The summed E-state index contributed by atoms with van der Waals surface area (Å²) in [6, 6.07) is 15.9. The molecular formula is C20H18BrN3O. The highest BCUT2D eigenvalue weighted by molar-refractivity contribution is 9.10. The minimum atomic E-state index is -0.540.